The largest absolute Gasteiger partial charge is 0.468 e. The monoisotopic (exact) mass is 396 g/mol. The van der Waals surface area contributed by atoms with Crippen molar-refractivity contribution < 1.29 is 12.8 Å². The van der Waals surface area contributed by atoms with Gasteiger partial charge in [0.2, 0.25) is 10.0 Å². The van der Waals surface area contributed by atoms with Crippen molar-refractivity contribution in [2.45, 2.75) is 30.2 Å². The van der Waals surface area contributed by atoms with E-state index in [9.17, 15) is 18.0 Å². The SMILES string of the molecule is Cn1cc(S(=O)(=O)NCC(c2ccco2)N2CCCCC2)c(=O)n(C)c1=O. The van der Waals surface area contributed by atoms with Gasteiger partial charge in [-0.3, -0.25) is 14.3 Å². The van der Waals surface area contributed by atoms with E-state index in [2.05, 4.69) is 9.62 Å². The molecule has 0 saturated carbocycles. The minimum absolute atomic E-state index is 0.0713. The predicted molar refractivity (Wildman–Crippen MR) is 99.0 cm³/mol. The number of aryl methyl sites for hydroxylation is 1. The first kappa shape index (κ1) is 19.6. The highest BCUT2D eigenvalue weighted by atomic mass is 32.2. The molecule has 0 aliphatic carbocycles. The Hall–Kier alpha value is -2.17. The first-order chi connectivity index (χ1) is 12.8. The molecule has 1 unspecified atom stereocenters. The topological polar surface area (TPSA) is 107 Å². The van der Waals surface area contributed by atoms with Gasteiger partial charge >= 0.3 is 5.69 Å². The van der Waals surface area contributed by atoms with Gasteiger partial charge in [0.15, 0.2) is 4.90 Å². The number of hydrogen-bond donors (Lipinski definition) is 1. The van der Waals surface area contributed by atoms with E-state index in [-0.39, 0.29) is 12.6 Å². The maximum absolute atomic E-state index is 12.7. The van der Waals surface area contributed by atoms with E-state index >= 15 is 0 Å². The normalized spacial score (nSPS) is 17.1. The molecule has 3 heterocycles. The maximum atomic E-state index is 12.7. The van der Waals surface area contributed by atoms with Crippen LogP contribution in [0.4, 0.5) is 0 Å². The molecule has 0 bridgehead atoms. The Bertz CT molecular complexity index is 1000. The number of nitrogens with one attached hydrogen (secondary N) is 1. The summed E-state index contributed by atoms with van der Waals surface area (Å²) in [6, 6.07) is 3.33. The van der Waals surface area contributed by atoms with Crippen LogP contribution in [0.3, 0.4) is 0 Å². The smallest absolute Gasteiger partial charge is 0.330 e. The van der Waals surface area contributed by atoms with Crippen LogP contribution in [0.5, 0.6) is 0 Å². The molecule has 2 aromatic rings. The van der Waals surface area contributed by atoms with Crippen molar-refractivity contribution in [2.75, 3.05) is 19.6 Å². The molecule has 1 fully saturated rings. The van der Waals surface area contributed by atoms with E-state index in [1.54, 1.807) is 12.3 Å². The van der Waals surface area contributed by atoms with Crippen LogP contribution in [0.25, 0.3) is 0 Å². The van der Waals surface area contributed by atoms with Crippen molar-refractivity contribution in [3.8, 4) is 0 Å². The maximum Gasteiger partial charge on any atom is 0.330 e. The molecule has 27 heavy (non-hydrogen) atoms. The van der Waals surface area contributed by atoms with Crippen molar-refractivity contribution in [1.82, 2.24) is 18.8 Å². The number of sulfonamides is 1. The highest BCUT2D eigenvalue weighted by molar-refractivity contribution is 7.89. The lowest BCUT2D eigenvalue weighted by Gasteiger charge is -2.33. The van der Waals surface area contributed by atoms with Crippen LogP contribution >= 0.6 is 0 Å². The van der Waals surface area contributed by atoms with Crippen LogP contribution < -0.4 is 16.0 Å². The zero-order valence-electron chi connectivity index (χ0n) is 15.4. The summed E-state index contributed by atoms with van der Waals surface area (Å²) in [6.45, 7) is 1.78. The summed E-state index contributed by atoms with van der Waals surface area (Å²) in [4.78, 5) is 25.8. The lowest BCUT2D eigenvalue weighted by Crippen LogP contribution is -2.44. The summed E-state index contributed by atoms with van der Waals surface area (Å²) < 4.78 is 35.4. The predicted octanol–water partition coefficient (Wildman–Crippen LogP) is 0.183. The molecule has 1 aliphatic heterocycles. The van der Waals surface area contributed by atoms with Gasteiger partial charge in [0, 0.05) is 26.8 Å². The summed E-state index contributed by atoms with van der Waals surface area (Å²) in [5.74, 6) is 0.674. The summed E-state index contributed by atoms with van der Waals surface area (Å²) in [7, 11) is -1.43. The third-order valence-corrected chi connectivity index (χ3v) is 6.28. The Kier molecular flexibility index (Phi) is 5.68. The van der Waals surface area contributed by atoms with Crippen LogP contribution in [-0.4, -0.2) is 42.1 Å². The minimum Gasteiger partial charge on any atom is -0.468 e. The number of likely N-dealkylation sites (tertiary alicyclic amines) is 1. The Balaban J connectivity index is 1.86. The second kappa shape index (κ2) is 7.83. The van der Waals surface area contributed by atoms with Crippen LogP contribution in [0, 0.1) is 0 Å². The third kappa shape index (κ3) is 4.07. The highest BCUT2D eigenvalue weighted by Crippen LogP contribution is 2.24. The molecule has 10 heteroatoms. The van der Waals surface area contributed by atoms with E-state index in [4.69, 9.17) is 4.42 Å². The van der Waals surface area contributed by atoms with Gasteiger partial charge in [-0.1, -0.05) is 6.42 Å². The fraction of sp³-hybridized carbons (Fsp3) is 0.529. The molecule has 9 nitrogen and oxygen atoms in total. The molecular formula is C17H24N4O5S. The Morgan fingerprint density at radius 1 is 1.19 bits per heavy atom. The fourth-order valence-corrected chi connectivity index (χ4v) is 4.54. The fourth-order valence-electron chi connectivity index (χ4n) is 3.35. The Morgan fingerprint density at radius 3 is 2.52 bits per heavy atom. The molecule has 1 aliphatic rings. The van der Waals surface area contributed by atoms with Gasteiger partial charge in [0.05, 0.1) is 12.3 Å². The molecule has 1 saturated heterocycles. The summed E-state index contributed by atoms with van der Waals surface area (Å²) >= 11 is 0. The van der Waals surface area contributed by atoms with Gasteiger partial charge < -0.3 is 8.98 Å². The highest BCUT2D eigenvalue weighted by Gasteiger charge is 2.28. The van der Waals surface area contributed by atoms with Gasteiger partial charge in [0.25, 0.3) is 5.56 Å². The molecule has 1 N–H and O–H groups in total. The molecule has 0 spiro atoms. The number of furan rings is 1. The van der Waals surface area contributed by atoms with Crippen LogP contribution in [0.2, 0.25) is 0 Å². The molecule has 1 atom stereocenters. The third-order valence-electron chi connectivity index (χ3n) is 4.87. The zero-order chi connectivity index (χ0) is 19.6. The second-order valence-corrected chi connectivity index (χ2v) is 8.47. The Morgan fingerprint density at radius 2 is 1.89 bits per heavy atom. The van der Waals surface area contributed by atoms with E-state index in [0.717, 1.165) is 47.7 Å². The van der Waals surface area contributed by atoms with Crippen molar-refractivity contribution in [3.63, 3.8) is 0 Å². The first-order valence-corrected chi connectivity index (χ1v) is 10.3. The number of aromatic nitrogens is 2. The van der Waals surface area contributed by atoms with E-state index < -0.39 is 26.2 Å². The van der Waals surface area contributed by atoms with Crippen molar-refractivity contribution in [1.29, 1.82) is 0 Å². The van der Waals surface area contributed by atoms with Crippen molar-refractivity contribution in [3.05, 3.63) is 51.2 Å². The lowest BCUT2D eigenvalue weighted by atomic mass is 10.1. The molecule has 0 radical (unpaired) electrons. The quantitative estimate of drug-likeness (QED) is 0.747. The van der Waals surface area contributed by atoms with Crippen molar-refractivity contribution >= 4 is 10.0 Å². The zero-order valence-corrected chi connectivity index (χ0v) is 16.2. The molecule has 2 aromatic heterocycles. The lowest BCUT2D eigenvalue weighted by molar-refractivity contribution is 0.147. The number of piperidine rings is 1. The summed E-state index contributed by atoms with van der Waals surface area (Å²) in [5, 5.41) is 0. The minimum atomic E-state index is -4.09. The van der Waals surface area contributed by atoms with E-state index in [1.165, 1.54) is 14.1 Å². The van der Waals surface area contributed by atoms with Crippen molar-refractivity contribution in [2.24, 2.45) is 14.1 Å². The van der Waals surface area contributed by atoms with Crippen LogP contribution in [0.15, 0.2) is 43.5 Å². The van der Waals surface area contributed by atoms with Gasteiger partial charge in [0.1, 0.15) is 5.76 Å². The second-order valence-electron chi connectivity index (χ2n) is 6.73. The number of hydrogen-bond acceptors (Lipinski definition) is 6. The molecule has 0 amide bonds. The van der Waals surface area contributed by atoms with Crippen LogP contribution in [0.1, 0.15) is 31.1 Å². The van der Waals surface area contributed by atoms with Gasteiger partial charge in [-0.05, 0) is 38.1 Å². The Labute approximate surface area is 157 Å². The first-order valence-electron chi connectivity index (χ1n) is 8.85. The average Bonchev–Trinajstić information content (AvgIpc) is 3.18. The molecule has 0 aromatic carbocycles. The average molecular weight is 396 g/mol. The summed E-state index contributed by atoms with van der Waals surface area (Å²) in [6.07, 6.45) is 5.86. The van der Waals surface area contributed by atoms with Crippen LogP contribution in [-0.2, 0) is 24.1 Å². The van der Waals surface area contributed by atoms with Gasteiger partial charge in [-0.2, -0.15) is 0 Å². The number of rotatable bonds is 6. The van der Waals surface area contributed by atoms with E-state index in [1.807, 2.05) is 6.07 Å². The standard InChI is InChI=1S/C17H24N4O5S/c1-19-12-15(16(22)20(2)17(19)23)27(24,25)18-11-13(14-7-6-10-26-14)21-8-4-3-5-9-21/h6-7,10,12-13,18H,3-5,8-9,11H2,1-2H3. The summed E-state index contributed by atoms with van der Waals surface area (Å²) in [5.41, 5.74) is -1.43. The van der Waals surface area contributed by atoms with E-state index in [0.29, 0.717) is 5.76 Å². The molecule has 3 rings (SSSR count). The molecule has 148 valence electrons. The molecular weight excluding hydrogens is 372 g/mol. The van der Waals surface area contributed by atoms with Gasteiger partial charge in [-0.15, -0.1) is 0 Å². The number of nitrogens with zero attached hydrogens (tertiary/aromatic N) is 3. The van der Waals surface area contributed by atoms with Gasteiger partial charge in [-0.25, -0.2) is 17.9 Å².